The molecule has 9 heteroatoms. The fourth-order valence-corrected chi connectivity index (χ4v) is 3.10. The maximum Gasteiger partial charge on any atom is 0.330 e. The van der Waals surface area contributed by atoms with Crippen molar-refractivity contribution in [3.63, 3.8) is 0 Å². The fraction of sp³-hybridized carbons (Fsp3) is 0.692. The lowest BCUT2D eigenvalue weighted by Gasteiger charge is -2.36. The molecule has 2 unspecified atom stereocenters. The van der Waals surface area contributed by atoms with Crippen LogP contribution in [0.3, 0.4) is 0 Å². The molecule has 0 amide bonds. The molecule has 22 heavy (non-hydrogen) atoms. The topological polar surface area (TPSA) is 104 Å². The van der Waals surface area contributed by atoms with E-state index in [-0.39, 0.29) is 6.61 Å². The standard InChI is InChI=1S/C13H19N3O6/c1-7-4-16(12(18)15-10(7)17)11-8-9(20-3)13(21-11,6-19-2)5-14-22-8/h4,8-9,11,14H,5-6H2,1-3H3,(H,15,17,18)/t8?,9?,11-,13-/m1/s1. The van der Waals surface area contributed by atoms with Gasteiger partial charge in [0.15, 0.2) is 12.3 Å². The summed E-state index contributed by atoms with van der Waals surface area (Å²) in [5.41, 5.74) is 1.48. The molecular formula is C13H19N3O6. The zero-order valence-corrected chi connectivity index (χ0v) is 12.6. The third-order valence-corrected chi connectivity index (χ3v) is 4.11. The Bertz CT molecular complexity index is 666. The molecule has 3 rings (SSSR count). The number of aryl methyl sites for hydroxylation is 1. The van der Waals surface area contributed by atoms with Gasteiger partial charge in [-0.3, -0.25) is 19.2 Å². The molecule has 2 N–H and O–H groups in total. The van der Waals surface area contributed by atoms with Crippen LogP contribution in [-0.2, 0) is 19.0 Å². The number of fused-ring (bicyclic) bond motifs is 2. The van der Waals surface area contributed by atoms with Crippen LogP contribution in [0, 0.1) is 6.92 Å². The summed E-state index contributed by atoms with van der Waals surface area (Å²) in [6, 6.07) is 0. The Morgan fingerprint density at radius 1 is 1.45 bits per heavy atom. The van der Waals surface area contributed by atoms with E-state index in [2.05, 4.69) is 10.5 Å². The molecule has 2 saturated heterocycles. The van der Waals surface area contributed by atoms with Crippen molar-refractivity contribution < 1.29 is 19.0 Å². The van der Waals surface area contributed by atoms with Gasteiger partial charge in [-0.15, -0.1) is 0 Å². The minimum atomic E-state index is -0.763. The first kappa shape index (κ1) is 15.4. The first-order valence-corrected chi connectivity index (χ1v) is 6.92. The molecule has 0 aromatic carbocycles. The predicted molar refractivity (Wildman–Crippen MR) is 74.5 cm³/mol. The number of nitrogens with zero attached hydrogens (tertiary/aromatic N) is 1. The zero-order valence-electron chi connectivity index (χ0n) is 12.6. The molecule has 122 valence electrons. The second-order valence-corrected chi connectivity index (χ2v) is 5.54. The number of nitrogens with one attached hydrogen (secondary N) is 2. The van der Waals surface area contributed by atoms with Crippen LogP contribution in [-0.4, -0.2) is 54.7 Å². The van der Waals surface area contributed by atoms with Crippen LogP contribution >= 0.6 is 0 Å². The van der Waals surface area contributed by atoms with E-state index in [0.717, 1.165) is 0 Å². The van der Waals surface area contributed by atoms with Crippen molar-refractivity contribution in [2.75, 3.05) is 27.4 Å². The summed E-state index contributed by atoms with van der Waals surface area (Å²) in [6.07, 6.45) is -0.212. The van der Waals surface area contributed by atoms with Gasteiger partial charge in [0.1, 0.15) is 11.7 Å². The van der Waals surface area contributed by atoms with Gasteiger partial charge in [-0.1, -0.05) is 0 Å². The van der Waals surface area contributed by atoms with Crippen molar-refractivity contribution in [1.82, 2.24) is 15.0 Å². The number of rotatable bonds is 4. The highest BCUT2D eigenvalue weighted by atomic mass is 16.7. The predicted octanol–water partition coefficient (Wildman–Crippen LogP) is -1.32. The van der Waals surface area contributed by atoms with E-state index in [9.17, 15) is 9.59 Å². The van der Waals surface area contributed by atoms with E-state index >= 15 is 0 Å². The van der Waals surface area contributed by atoms with Crippen molar-refractivity contribution >= 4 is 0 Å². The Morgan fingerprint density at radius 2 is 2.23 bits per heavy atom. The van der Waals surface area contributed by atoms with Gasteiger partial charge >= 0.3 is 5.69 Å². The molecule has 4 atom stereocenters. The maximum atomic E-state index is 12.1. The van der Waals surface area contributed by atoms with Crippen LogP contribution < -0.4 is 16.7 Å². The normalized spacial score (nSPS) is 34.0. The molecule has 0 radical (unpaired) electrons. The van der Waals surface area contributed by atoms with E-state index in [4.69, 9.17) is 19.0 Å². The Hall–Kier alpha value is -1.52. The SMILES string of the molecule is COC[C@]12CNOC(C1OC)[C@H](n1cc(C)c(=O)[nH]c1=O)O2. The third kappa shape index (κ3) is 2.22. The largest absolute Gasteiger partial charge is 0.382 e. The molecule has 1 aromatic heterocycles. The number of hydrogen-bond acceptors (Lipinski definition) is 7. The van der Waals surface area contributed by atoms with E-state index < -0.39 is 35.3 Å². The van der Waals surface area contributed by atoms with Gasteiger partial charge in [0, 0.05) is 26.0 Å². The van der Waals surface area contributed by atoms with Crippen LogP contribution in [0.1, 0.15) is 11.8 Å². The summed E-state index contributed by atoms with van der Waals surface area (Å²) >= 11 is 0. The summed E-state index contributed by atoms with van der Waals surface area (Å²) in [5, 5.41) is 0. The average Bonchev–Trinajstić information content (AvgIpc) is 2.65. The lowest BCUT2D eigenvalue weighted by Crippen LogP contribution is -2.59. The summed E-state index contributed by atoms with van der Waals surface area (Å²) in [4.78, 5) is 31.4. The lowest BCUT2D eigenvalue weighted by atomic mass is 9.94. The van der Waals surface area contributed by atoms with Crippen molar-refractivity contribution in [3.8, 4) is 0 Å². The maximum absolute atomic E-state index is 12.1. The first-order valence-electron chi connectivity index (χ1n) is 6.92. The van der Waals surface area contributed by atoms with E-state index in [1.54, 1.807) is 21.1 Å². The number of methoxy groups -OCH3 is 2. The monoisotopic (exact) mass is 313 g/mol. The highest BCUT2D eigenvalue weighted by Gasteiger charge is 2.60. The van der Waals surface area contributed by atoms with Gasteiger partial charge in [-0.05, 0) is 6.92 Å². The van der Waals surface area contributed by atoms with Crippen LogP contribution in [0.4, 0.5) is 0 Å². The summed E-state index contributed by atoms with van der Waals surface area (Å²) in [5.74, 6) is 0. The minimum Gasteiger partial charge on any atom is -0.382 e. The molecule has 0 aliphatic carbocycles. The van der Waals surface area contributed by atoms with Crippen molar-refractivity contribution in [1.29, 1.82) is 0 Å². The molecule has 1 aromatic rings. The molecule has 3 heterocycles. The number of hydroxylamine groups is 1. The van der Waals surface area contributed by atoms with E-state index in [0.29, 0.717) is 12.1 Å². The third-order valence-electron chi connectivity index (χ3n) is 4.11. The fourth-order valence-electron chi connectivity index (χ4n) is 3.10. The van der Waals surface area contributed by atoms with Crippen LogP contribution in [0.2, 0.25) is 0 Å². The van der Waals surface area contributed by atoms with Crippen LogP contribution in [0.25, 0.3) is 0 Å². The first-order chi connectivity index (χ1) is 10.5. The molecular weight excluding hydrogens is 294 g/mol. The molecule has 2 bridgehead atoms. The van der Waals surface area contributed by atoms with Gasteiger partial charge in [0.05, 0.1) is 13.2 Å². The number of aromatic amines is 1. The zero-order chi connectivity index (χ0) is 15.9. The molecule has 0 saturated carbocycles. The van der Waals surface area contributed by atoms with Gasteiger partial charge < -0.3 is 14.2 Å². The quantitative estimate of drug-likeness (QED) is 0.710. The van der Waals surface area contributed by atoms with Gasteiger partial charge in [-0.25, -0.2) is 4.79 Å². The number of H-pyrrole nitrogens is 1. The Balaban J connectivity index is 2.04. The molecule has 0 spiro atoms. The van der Waals surface area contributed by atoms with E-state index in [1.807, 2.05) is 0 Å². The number of ether oxygens (including phenoxy) is 3. The van der Waals surface area contributed by atoms with E-state index in [1.165, 1.54) is 10.8 Å². The second kappa shape index (κ2) is 5.60. The number of aromatic nitrogens is 2. The smallest absolute Gasteiger partial charge is 0.330 e. The van der Waals surface area contributed by atoms with Crippen molar-refractivity contribution in [2.45, 2.75) is 31.0 Å². The van der Waals surface area contributed by atoms with Crippen molar-refractivity contribution in [2.24, 2.45) is 0 Å². The van der Waals surface area contributed by atoms with Gasteiger partial charge in [-0.2, -0.15) is 5.48 Å². The van der Waals surface area contributed by atoms with Gasteiger partial charge in [0.25, 0.3) is 5.56 Å². The van der Waals surface area contributed by atoms with Crippen LogP contribution in [0.5, 0.6) is 0 Å². The highest BCUT2D eigenvalue weighted by Crippen LogP contribution is 2.41. The number of hydrogen-bond donors (Lipinski definition) is 2. The summed E-state index contributed by atoms with van der Waals surface area (Å²) in [6.45, 7) is 2.27. The summed E-state index contributed by atoms with van der Waals surface area (Å²) in [7, 11) is 3.13. The van der Waals surface area contributed by atoms with Crippen LogP contribution in [0.15, 0.2) is 15.8 Å². The molecule has 2 aliphatic rings. The summed E-state index contributed by atoms with van der Waals surface area (Å²) < 4.78 is 18.2. The average molecular weight is 313 g/mol. The Labute approximate surface area is 126 Å². The van der Waals surface area contributed by atoms with Crippen molar-refractivity contribution in [3.05, 3.63) is 32.6 Å². The second-order valence-electron chi connectivity index (χ2n) is 5.54. The lowest BCUT2D eigenvalue weighted by molar-refractivity contribution is -0.174. The Morgan fingerprint density at radius 3 is 2.91 bits per heavy atom. The molecule has 2 fully saturated rings. The Kier molecular flexibility index (Phi) is 3.91. The molecule has 9 nitrogen and oxygen atoms in total. The minimum absolute atomic E-state index is 0.284. The highest BCUT2D eigenvalue weighted by molar-refractivity contribution is 5.08. The molecule has 2 aliphatic heterocycles. The van der Waals surface area contributed by atoms with Gasteiger partial charge in [0.2, 0.25) is 0 Å².